The van der Waals surface area contributed by atoms with Crippen molar-refractivity contribution in [2.75, 3.05) is 0 Å². The molecule has 1 amide bonds. The van der Waals surface area contributed by atoms with Gasteiger partial charge in [-0.3, -0.25) is 9.59 Å². The van der Waals surface area contributed by atoms with Gasteiger partial charge in [0.2, 0.25) is 0 Å². The average Bonchev–Trinajstić information content (AvgIpc) is 2.56. The number of halogens is 1. The fraction of sp³-hybridized carbons (Fsp3) is 0.444. The van der Waals surface area contributed by atoms with E-state index in [4.69, 9.17) is 4.42 Å². The van der Waals surface area contributed by atoms with Crippen LogP contribution in [0.4, 0.5) is 4.39 Å². The number of fused-ring (bicyclic) bond motifs is 1. The van der Waals surface area contributed by atoms with E-state index < -0.39 is 17.2 Å². The van der Waals surface area contributed by atoms with Crippen molar-refractivity contribution in [3.05, 3.63) is 46.1 Å². The number of benzene rings is 1. The molecule has 122 valence electrons. The Labute approximate surface area is 133 Å². The largest absolute Gasteiger partial charge is 0.451 e. The van der Waals surface area contributed by atoms with Crippen LogP contribution >= 0.6 is 0 Å². The van der Waals surface area contributed by atoms with Crippen molar-refractivity contribution in [2.24, 2.45) is 5.92 Å². The van der Waals surface area contributed by atoms with E-state index >= 15 is 0 Å². The van der Waals surface area contributed by atoms with Crippen LogP contribution < -0.4 is 10.7 Å². The first-order valence-electron chi connectivity index (χ1n) is 8.09. The zero-order chi connectivity index (χ0) is 16.4. The molecule has 0 spiro atoms. The Kier molecular flexibility index (Phi) is 4.46. The van der Waals surface area contributed by atoms with Crippen LogP contribution in [0.2, 0.25) is 0 Å². The Bertz CT molecular complexity index is 777. The average molecular weight is 317 g/mol. The van der Waals surface area contributed by atoms with Crippen LogP contribution in [0.3, 0.4) is 0 Å². The SMILES string of the molecule is C[C@@H](NC(=O)c1cc(=O)c2cc(F)ccc2o1)C1CCCCC1. The molecule has 5 heteroatoms. The highest BCUT2D eigenvalue weighted by Crippen LogP contribution is 2.26. The summed E-state index contributed by atoms with van der Waals surface area (Å²) in [6.45, 7) is 1.99. The quantitative estimate of drug-likeness (QED) is 0.940. The number of rotatable bonds is 3. The van der Waals surface area contributed by atoms with Crippen molar-refractivity contribution in [3.63, 3.8) is 0 Å². The molecule has 1 saturated carbocycles. The molecule has 1 fully saturated rings. The van der Waals surface area contributed by atoms with Crippen molar-refractivity contribution in [1.29, 1.82) is 0 Å². The van der Waals surface area contributed by atoms with E-state index in [1.807, 2.05) is 6.92 Å². The highest BCUT2D eigenvalue weighted by Gasteiger charge is 2.23. The fourth-order valence-electron chi connectivity index (χ4n) is 3.27. The normalized spacial score (nSPS) is 17.1. The second-order valence-electron chi connectivity index (χ2n) is 6.28. The maximum absolute atomic E-state index is 13.2. The lowest BCUT2D eigenvalue weighted by molar-refractivity contribution is 0.0891. The molecular weight excluding hydrogens is 297 g/mol. The van der Waals surface area contributed by atoms with Gasteiger partial charge in [-0.15, -0.1) is 0 Å². The van der Waals surface area contributed by atoms with E-state index in [9.17, 15) is 14.0 Å². The zero-order valence-electron chi connectivity index (χ0n) is 13.1. The van der Waals surface area contributed by atoms with Gasteiger partial charge in [-0.1, -0.05) is 19.3 Å². The first-order chi connectivity index (χ1) is 11.0. The summed E-state index contributed by atoms with van der Waals surface area (Å²) < 4.78 is 18.7. The third kappa shape index (κ3) is 3.44. The minimum Gasteiger partial charge on any atom is -0.451 e. The van der Waals surface area contributed by atoms with E-state index in [2.05, 4.69) is 5.32 Å². The van der Waals surface area contributed by atoms with E-state index in [0.29, 0.717) is 5.92 Å². The lowest BCUT2D eigenvalue weighted by Crippen LogP contribution is -2.39. The number of carbonyl (C=O) groups is 1. The number of hydrogen-bond acceptors (Lipinski definition) is 3. The number of amides is 1. The number of carbonyl (C=O) groups excluding carboxylic acids is 1. The summed E-state index contributed by atoms with van der Waals surface area (Å²) in [7, 11) is 0. The molecule has 1 aliphatic carbocycles. The molecule has 0 saturated heterocycles. The lowest BCUT2D eigenvalue weighted by Gasteiger charge is -2.28. The maximum atomic E-state index is 13.2. The summed E-state index contributed by atoms with van der Waals surface area (Å²) in [5.74, 6) is -0.468. The predicted molar refractivity (Wildman–Crippen MR) is 85.9 cm³/mol. The van der Waals surface area contributed by atoms with Crippen LogP contribution in [0, 0.1) is 11.7 Å². The molecular formula is C18H20FNO3. The molecule has 0 radical (unpaired) electrons. The van der Waals surface area contributed by atoms with Gasteiger partial charge in [0.1, 0.15) is 11.4 Å². The molecule has 0 bridgehead atoms. The highest BCUT2D eigenvalue weighted by atomic mass is 19.1. The molecule has 0 unspecified atom stereocenters. The fourth-order valence-corrected chi connectivity index (χ4v) is 3.27. The van der Waals surface area contributed by atoms with Gasteiger partial charge in [0.25, 0.3) is 5.91 Å². The van der Waals surface area contributed by atoms with Gasteiger partial charge in [-0.2, -0.15) is 0 Å². The number of hydrogen-bond donors (Lipinski definition) is 1. The van der Waals surface area contributed by atoms with Gasteiger partial charge in [-0.25, -0.2) is 4.39 Å². The summed E-state index contributed by atoms with van der Waals surface area (Å²) in [4.78, 5) is 24.4. The molecule has 2 aromatic rings. The molecule has 1 aromatic heterocycles. The van der Waals surface area contributed by atoms with E-state index in [1.54, 1.807) is 0 Å². The minimum absolute atomic E-state index is 0.0308. The molecule has 1 atom stereocenters. The Morgan fingerprint density at radius 1 is 1.26 bits per heavy atom. The molecule has 23 heavy (non-hydrogen) atoms. The van der Waals surface area contributed by atoms with Gasteiger partial charge < -0.3 is 9.73 Å². The van der Waals surface area contributed by atoms with Crippen LogP contribution in [0.15, 0.2) is 33.5 Å². The first kappa shape index (κ1) is 15.7. The van der Waals surface area contributed by atoms with Crippen molar-refractivity contribution in [1.82, 2.24) is 5.32 Å². The van der Waals surface area contributed by atoms with Crippen LogP contribution in [0.1, 0.15) is 49.6 Å². The van der Waals surface area contributed by atoms with Crippen molar-refractivity contribution >= 4 is 16.9 Å². The first-order valence-corrected chi connectivity index (χ1v) is 8.09. The summed E-state index contributed by atoms with van der Waals surface area (Å²) in [6, 6.07) is 4.86. The number of nitrogens with one attached hydrogen (secondary N) is 1. The van der Waals surface area contributed by atoms with Gasteiger partial charge in [0.15, 0.2) is 11.2 Å². The van der Waals surface area contributed by atoms with E-state index in [1.165, 1.54) is 31.4 Å². The van der Waals surface area contributed by atoms with Crippen LogP contribution in [-0.4, -0.2) is 11.9 Å². The Morgan fingerprint density at radius 2 is 2.00 bits per heavy atom. The summed E-state index contributed by atoms with van der Waals surface area (Å²) >= 11 is 0. The van der Waals surface area contributed by atoms with Gasteiger partial charge in [-0.05, 0) is 43.9 Å². The van der Waals surface area contributed by atoms with Crippen LogP contribution in [0.25, 0.3) is 11.0 Å². The Hall–Kier alpha value is -2.17. The van der Waals surface area contributed by atoms with Gasteiger partial charge in [0, 0.05) is 12.1 Å². The summed E-state index contributed by atoms with van der Waals surface area (Å²) in [5.41, 5.74) is -0.199. The molecule has 0 aliphatic heterocycles. The molecule has 1 N–H and O–H groups in total. The van der Waals surface area contributed by atoms with Crippen molar-refractivity contribution in [3.8, 4) is 0 Å². The third-order valence-corrected chi connectivity index (χ3v) is 4.63. The second-order valence-corrected chi connectivity index (χ2v) is 6.28. The summed E-state index contributed by atoms with van der Waals surface area (Å²) in [6.07, 6.45) is 5.88. The molecule has 1 aromatic carbocycles. The van der Waals surface area contributed by atoms with E-state index in [-0.39, 0.29) is 22.8 Å². The van der Waals surface area contributed by atoms with Crippen LogP contribution in [0.5, 0.6) is 0 Å². The van der Waals surface area contributed by atoms with E-state index in [0.717, 1.165) is 25.0 Å². The molecule has 4 nitrogen and oxygen atoms in total. The lowest BCUT2D eigenvalue weighted by atomic mass is 9.84. The van der Waals surface area contributed by atoms with Crippen molar-refractivity contribution in [2.45, 2.75) is 45.1 Å². The highest BCUT2D eigenvalue weighted by molar-refractivity contribution is 5.93. The Morgan fingerprint density at radius 3 is 2.74 bits per heavy atom. The topological polar surface area (TPSA) is 59.3 Å². The third-order valence-electron chi connectivity index (χ3n) is 4.63. The smallest absolute Gasteiger partial charge is 0.287 e. The van der Waals surface area contributed by atoms with Crippen molar-refractivity contribution < 1.29 is 13.6 Å². The molecule has 1 heterocycles. The molecule has 3 rings (SSSR count). The van der Waals surface area contributed by atoms with Gasteiger partial charge in [0.05, 0.1) is 5.39 Å². The van der Waals surface area contributed by atoms with Gasteiger partial charge >= 0.3 is 0 Å². The summed E-state index contributed by atoms with van der Waals surface area (Å²) in [5, 5.41) is 3.06. The minimum atomic E-state index is -0.507. The second kappa shape index (κ2) is 6.52. The standard InChI is InChI=1S/C18H20FNO3/c1-11(12-5-3-2-4-6-12)20-18(22)17-10-15(21)14-9-13(19)7-8-16(14)23-17/h7-12H,2-6H2,1H3,(H,20,22)/t11-/m1/s1. The predicted octanol–water partition coefficient (Wildman–Crippen LogP) is 3.63. The monoisotopic (exact) mass is 317 g/mol. The zero-order valence-corrected chi connectivity index (χ0v) is 13.1. The Balaban J connectivity index is 1.80. The maximum Gasteiger partial charge on any atom is 0.287 e. The molecule has 1 aliphatic rings. The van der Waals surface area contributed by atoms with Crippen LogP contribution in [-0.2, 0) is 0 Å².